The van der Waals surface area contributed by atoms with E-state index in [2.05, 4.69) is 31.9 Å². The van der Waals surface area contributed by atoms with Crippen molar-refractivity contribution in [2.75, 3.05) is 19.0 Å². The highest BCUT2D eigenvalue weighted by Gasteiger charge is 2.33. The number of ether oxygens (including phenoxy) is 3. The molecule has 2 atom stereocenters. The van der Waals surface area contributed by atoms with Crippen molar-refractivity contribution < 1.29 is 33.0 Å². The van der Waals surface area contributed by atoms with Gasteiger partial charge in [0.15, 0.2) is 17.6 Å². The summed E-state index contributed by atoms with van der Waals surface area (Å²) in [6, 6.07) is 7.26. The lowest BCUT2D eigenvalue weighted by Crippen LogP contribution is -2.46. The number of amides is 3. The monoisotopic (exact) mass is 549 g/mol. The Morgan fingerprint density at radius 2 is 1.91 bits per heavy atom. The molecule has 2 aromatic carbocycles. The second kappa shape index (κ2) is 11.2. The highest BCUT2D eigenvalue weighted by molar-refractivity contribution is 9.10. The van der Waals surface area contributed by atoms with Crippen molar-refractivity contribution in [3.05, 3.63) is 63.5 Å². The molecule has 0 radical (unpaired) electrons. The van der Waals surface area contributed by atoms with Crippen LogP contribution in [0.25, 0.3) is 0 Å². The van der Waals surface area contributed by atoms with Gasteiger partial charge in [0.05, 0.1) is 29.8 Å². The molecule has 1 heterocycles. The fourth-order valence-corrected chi connectivity index (χ4v) is 4.04. The number of halogens is 2. The molecule has 1 aliphatic heterocycles. The van der Waals surface area contributed by atoms with Gasteiger partial charge >= 0.3 is 12.0 Å². The molecule has 0 fully saturated rings. The van der Waals surface area contributed by atoms with Gasteiger partial charge in [-0.15, -0.1) is 0 Å². The van der Waals surface area contributed by atoms with Crippen LogP contribution < -0.4 is 25.4 Å². The fourth-order valence-electron chi connectivity index (χ4n) is 3.48. The molecular weight excluding hydrogens is 525 g/mol. The van der Waals surface area contributed by atoms with E-state index >= 15 is 0 Å². The van der Waals surface area contributed by atoms with Crippen molar-refractivity contribution in [1.29, 1.82) is 0 Å². The molecule has 186 valence electrons. The van der Waals surface area contributed by atoms with Crippen molar-refractivity contribution >= 4 is 39.5 Å². The Morgan fingerprint density at radius 3 is 2.54 bits per heavy atom. The minimum Gasteiger partial charge on any atom is -0.493 e. The minimum absolute atomic E-state index is 0.216. The molecule has 0 aliphatic carbocycles. The normalized spacial score (nSPS) is 16.1. The zero-order valence-electron chi connectivity index (χ0n) is 19.5. The van der Waals surface area contributed by atoms with Gasteiger partial charge in [-0.3, -0.25) is 4.79 Å². The highest BCUT2D eigenvalue weighted by Crippen LogP contribution is 2.41. The summed E-state index contributed by atoms with van der Waals surface area (Å²) in [5.74, 6) is -0.920. The van der Waals surface area contributed by atoms with E-state index in [0.29, 0.717) is 21.4 Å². The van der Waals surface area contributed by atoms with Crippen LogP contribution in [0.4, 0.5) is 14.9 Å². The number of hydrogen-bond donors (Lipinski definition) is 3. The van der Waals surface area contributed by atoms with Gasteiger partial charge < -0.3 is 30.2 Å². The number of carbonyl (C=O) groups excluding carboxylic acids is 3. The smallest absolute Gasteiger partial charge is 0.347 e. The Labute approximate surface area is 210 Å². The van der Waals surface area contributed by atoms with Crippen molar-refractivity contribution in [3.63, 3.8) is 0 Å². The molecule has 3 N–H and O–H groups in total. The van der Waals surface area contributed by atoms with Gasteiger partial charge in [-0.1, -0.05) is 0 Å². The topological polar surface area (TPSA) is 115 Å². The lowest BCUT2D eigenvalue weighted by Gasteiger charge is -2.29. The zero-order chi connectivity index (χ0) is 25.7. The third-order valence-electron chi connectivity index (χ3n) is 5.11. The molecular formula is C24H25BrFN3O6. The molecule has 3 rings (SSSR count). The van der Waals surface area contributed by atoms with E-state index in [4.69, 9.17) is 14.2 Å². The molecule has 11 heteroatoms. The first-order valence-electron chi connectivity index (χ1n) is 10.7. The summed E-state index contributed by atoms with van der Waals surface area (Å²) in [4.78, 5) is 37.4. The second-order valence-electron chi connectivity index (χ2n) is 7.58. The van der Waals surface area contributed by atoms with Crippen LogP contribution in [0.15, 0.2) is 52.1 Å². The average molecular weight is 550 g/mol. The van der Waals surface area contributed by atoms with Gasteiger partial charge in [-0.2, -0.15) is 0 Å². The lowest BCUT2D eigenvalue weighted by molar-refractivity contribution is -0.150. The fraction of sp³-hybridized carbons (Fsp3) is 0.292. The van der Waals surface area contributed by atoms with Crippen molar-refractivity contribution in [2.45, 2.75) is 32.9 Å². The summed E-state index contributed by atoms with van der Waals surface area (Å²) < 4.78 is 29.9. The molecule has 0 unspecified atom stereocenters. The SMILES string of the molecule is CCOC(=O)[C@@H](C)Oc1c(Br)cc([C@@H]2NC(=O)NC(C)=C2C(=O)Nc2ccc(F)cc2)cc1OC. The molecule has 0 bridgehead atoms. The highest BCUT2D eigenvalue weighted by atomic mass is 79.9. The Hall–Kier alpha value is -3.60. The Kier molecular flexibility index (Phi) is 8.34. The molecule has 0 aromatic heterocycles. The molecule has 3 amide bonds. The summed E-state index contributed by atoms with van der Waals surface area (Å²) in [5.41, 5.74) is 1.51. The van der Waals surface area contributed by atoms with Gasteiger partial charge in [0.1, 0.15) is 5.82 Å². The molecule has 0 saturated carbocycles. The van der Waals surface area contributed by atoms with Crippen LogP contribution in [0.5, 0.6) is 11.5 Å². The van der Waals surface area contributed by atoms with Gasteiger partial charge in [0.2, 0.25) is 0 Å². The summed E-state index contributed by atoms with van der Waals surface area (Å²) >= 11 is 3.43. The maximum absolute atomic E-state index is 13.2. The third-order valence-corrected chi connectivity index (χ3v) is 5.70. The van der Waals surface area contributed by atoms with Gasteiger partial charge in [0, 0.05) is 11.4 Å². The number of allylic oxidation sites excluding steroid dienone is 1. The number of carbonyl (C=O) groups is 3. The first kappa shape index (κ1) is 26.0. The maximum atomic E-state index is 13.2. The Balaban J connectivity index is 1.96. The molecule has 1 aliphatic rings. The van der Waals surface area contributed by atoms with Crippen LogP contribution in [-0.2, 0) is 14.3 Å². The maximum Gasteiger partial charge on any atom is 0.347 e. The number of methoxy groups -OCH3 is 1. The van der Waals surface area contributed by atoms with Gasteiger partial charge in [-0.05, 0) is 78.7 Å². The first-order valence-corrected chi connectivity index (χ1v) is 11.5. The molecule has 35 heavy (non-hydrogen) atoms. The van der Waals surface area contributed by atoms with Crippen LogP contribution in [0.1, 0.15) is 32.4 Å². The molecule has 9 nitrogen and oxygen atoms in total. The number of benzene rings is 2. The van der Waals surface area contributed by atoms with Crippen LogP contribution in [0.2, 0.25) is 0 Å². The standard InChI is InChI=1S/C24H25BrFN3O6/c1-5-34-23(31)13(3)35-21-17(25)10-14(11-18(21)33-4)20-19(12(2)27-24(32)29-20)22(30)28-16-8-6-15(26)7-9-16/h6-11,13,20H,5H2,1-4H3,(H,28,30)(H2,27,29,32)/t13-,20+/m1/s1. The summed E-state index contributed by atoms with van der Waals surface area (Å²) in [5, 5.41) is 8.06. The number of hydrogen-bond acceptors (Lipinski definition) is 6. The quantitative estimate of drug-likeness (QED) is 0.425. The van der Waals surface area contributed by atoms with Crippen LogP contribution in [0.3, 0.4) is 0 Å². The largest absolute Gasteiger partial charge is 0.493 e. The number of nitrogens with one attached hydrogen (secondary N) is 3. The summed E-state index contributed by atoms with van der Waals surface area (Å²) in [6.45, 7) is 5.07. The number of urea groups is 1. The molecule has 2 aromatic rings. The van der Waals surface area contributed by atoms with E-state index in [9.17, 15) is 18.8 Å². The van der Waals surface area contributed by atoms with Crippen molar-refractivity contribution in [2.24, 2.45) is 0 Å². The Bertz CT molecular complexity index is 1170. The van der Waals surface area contributed by atoms with Gasteiger partial charge in [0.25, 0.3) is 5.91 Å². The van der Waals surface area contributed by atoms with Crippen LogP contribution in [0, 0.1) is 5.82 Å². The average Bonchev–Trinajstić information content (AvgIpc) is 2.81. The molecule has 0 saturated heterocycles. The Morgan fingerprint density at radius 1 is 1.23 bits per heavy atom. The first-order chi connectivity index (χ1) is 16.6. The predicted octanol–water partition coefficient (Wildman–Crippen LogP) is 4.19. The third kappa shape index (κ3) is 6.10. The van der Waals surface area contributed by atoms with E-state index in [1.807, 2.05) is 0 Å². The van der Waals surface area contributed by atoms with E-state index in [1.54, 1.807) is 32.9 Å². The van der Waals surface area contributed by atoms with Crippen LogP contribution in [-0.4, -0.2) is 37.7 Å². The van der Waals surface area contributed by atoms with E-state index in [0.717, 1.165) is 0 Å². The predicted molar refractivity (Wildman–Crippen MR) is 130 cm³/mol. The number of anilines is 1. The minimum atomic E-state index is -0.899. The van der Waals surface area contributed by atoms with Crippen LogP contribution >= 0.6 is 15.9 Å². The van der Waals surface area contributed by atoms with E-state index < -0.39 is 35.9 Å². The molecule has 0 spiro atoms. The van der Waals surface area contributed by atoms with E-state index in [1.165, 1.54) is 31.4 Å². The number of esters is 1. The van der Waals surface area contributed by atoms with Crippen molar-refractivity contribution in [1.82, 2.24) is 10.6 Å². The van der Waals surface area contributed by atoms with Gasteiger partial charge in [-0.25, -0.2) is 14.0 Å². The number of rotatable bonds is 8. The lowest BCUT2D eigenvalue weighted by atomic mass is 9.94. The summed E-state index contributed by atoms with van der Waals surface area (Å²) in [6.07, 6.45) is -0.899. The zero-order valence-corrected chi connectivity index (χ0v) is 21.1. The van der Waals surface area contributed by atoms with Crippen molar-refractivity contribution in [3.8, 4) is 11.5 Å². The van der Waals surface area contributed by atoms with E-state index in [-0.39, 0.29) is 23.7 Å². The second-order valence-corrected chi connectivity index (χ2v) is 8.43. The summed E-state index contributed by atoms with van der Waals surface area (Å²) in [7, 11) is 1.43.